The fourth-order valence-electron chi connectivity index (χ4n) is 3.98. The van der Waals surface area contributed by atoms with Crippen LogP contribution in [0.25, 0.3) is 0 Å². The Morgan fingerprint density at radius 1 is 1.33 bits per heavy atom. The lowest BCUT2D eigenvalue weighted by molar-refractivity contribution is -0.172. The Hall–Kier alpha value is -1.39. The van der Waals surface area contributed by atoms with Gasteiger partial charge in [-0.3, -0.25) is 4.79 Å². The first kappa shape index (κ1) is 14.5. The summed E-state index contributed by atoms with van der Waals surface area (Å²) < 4.78 is 5.76. The van der Waals surface area contributed by atoms with E-state index in [1.807, 2.05) is 45.0 Å². The van der Waals surface area contributed by atoms with Crippen LogP contribution in [-0.4, -0.2) is 31.2 Å². The van der Waals surface area contributed by atoms with Crippen LogP contribution in [0.15, 0.2) is 24.3 Å². The average Bonchev–Trinajstić information content (AvgIpc) is 2.94. The largest absolute Gasteiger partial charge is 0.377 e. The molecule has 2 N–H and O–H groups in total. The van der Waals surface area contributed by atoms with Crippen molar-refractivity contribution in [1.82, 2.24) is 0 Å². The van der Waals surface area contributed by atoms with Crippen LogP contribution < -0.4 is 10.6 Å². The molecule has 1 aromatic carbocycles. The molecule has 4 heteroatoms. The summed E-state index contributed by atoms with van der Waals surface area (Å²) in [5, 5.41) is 0. The number of aryl methyl sites for hydroxylation is 1. The van der Waals surface area contributed by atoms with Crippen LogP contribution in [-0.2, 0) is 9.53 Å². The molecule has 3 unspecified atom stereocenters. The molecule has 0 radical (unpaired) electrons. The van der Waals surface area contributed by atoms with Crippen molar-refractivity contribution in [2.24, 2.45) is 17.1 Å². The minimum Gasteiger partial charge on any atom is -0.377 e. The van der Waals surface area contributed by atoms with Gasteiger partial charge in [0.05, 0.1) is 6.10 Å². The number of rotatable bonds is 2. The number of nitrogens with two attached hydrogens (primary N) is 1. The summed E-state index contributed by atoms with van der Waals surface area (Å²) in [5.41, 5.74) is 7.50. The molecular formula is C17H24N2O2. The number of carbonyl (C=O) groups is 1. The van der Waals surface area contributed by atoms with E-state index in [-0.39, 0.29) is 23.3 Å². The van der Waals surface area contributed by atoms with Gasteiger partial charge in [-0.05, 0) is 25.5 Å². The molecule has 21 heavy (non-hydrogen) atoms. The van der Waals surface area contributed by atoms with Crippen LogP contribution >= 0.6 is 0 Å². The van der Waals surface area contributed by atoms with Gasteiger partial charge in [0, 0.05) is 30.7 Å². The van der Waals surface area contributed by atoms with Gasteiger partial charge in [0.25, 0.3) is 0 Å². The van der Waals surface area contributed by atoms with Gasteiger partial charge in [-0.25, -0.2) is 0 Å². The second-order valence-corrected chi connectivity index (χ2v) is 6.98. The van der Waals surface area contributed by atoms with E-state index in [0.717, 1.165) is 12.1 Å². The van der Waals surface area contributed by atoms with E-state index < -0.39 is 5.54 Å². The molecule has 1 aliphatic heterocycles. The predicted molar refractivity (Wildman–Crippen MR) is 83.1 cm³/mol. The minimum absolute atomic E-state index is 0.0110. The number of nitrogens with zero attached hydrogens (tertiary/aromatic N) is 1. The van der Waals surface area contributed by atoms with Crippen molar-refractivity contribution in [3.63, 3.8) is 0 Å². The molecule has 2 fully saturated rings. The van der Waals surface area contributed by atoms with Crippen LogP contribution in [0, 0.1) is 18.3 Å². The van der Waals surface area contributed by atoms with Gasteiger partial charge in [0.1, 0.15) is 5.54 Å². The molecule has 1 saturated carbocycles. The Morgan fingerprint density at radius 2 is 1.95 bits per heavy atom. The third kappa shape index (κ3) is 1.79. The van der Waals surface area contributed by atoms with Crippen LogP contribution in [0.3, 0.4) is 0 Å². The lowest BCUT2D eigenvalue weighted by Crippen LogP contribution is -2.80. The maximum atomic E-state index is 13.0. The highest BCUT2D eigenvalue weighted by Gasteiger charge is 2.71. The summed E-state index contributed by atoms with van der Waals surface area (Å²) >= 11 is 0. The van der Waals surface area contributed by atoms with Gasteiger partial charge in [-0.2, -0.15) is 0 Å². The highest BCUT2D eigenvalue weighted by atomic mass is 16.5. The summed E-state index contributed by atoms with van der Waals surface area (Å²) in [4.78, 5) is 14.7. The van der Waals surface area contributed by atoms with Crippen LogP contribution in [0.1, 0.15) is 25.8 Å². The molecule has 1 aliphatic carbocycles. The molecule has 2 aliphatic rings. The van der Waals surface area contributed by atoms with Crippen molar-refractivity contribution in [3.05, 3.63) is 29.8 Å². The van der Waals surface area contributed by atoms with E-state index >= 15 is 0 Å². The first-order valence-electron chi connectivity index (χ1n) is 7.55. The van der Waals surface area contributed by atoms with Crippen LogP contribution in [0.4, 0.5) is 5.69 Å². The standard InChI is InChI=1S/C17H24N2O2/c1-11-5-7-12(8-6-11)19(4)15(20)17(18)13-9-10-21-14(13)16(17,2)3/h5-8,13-14H,9-10,18H2,1-4H3. The average molecular weight is 288 g/mol. The van der Waals surface area contributed by atoms with Gasteiger partial charge in [-0.1, -0.05) is 31.5 Å². The van der Waals surface area contributed by atoms with Gasteiger partial charge in [0.15, 0.2) is 0 Å². The van der Waals surface area contributed by atoms with Gasteiger partial charge < -0.3 is 15.4 Å². The number of hydrogen-bond acceptors (Lipinski definition) is 3. The third-order valence-electron chi connectivity index (χ3n) is 5.53. The molecular weight excluding hydrogens is 264 g/mol. The second kappa shape index (κ2) is 4.55. The molecule has 0 aromatic heterocycles. The van der Waals surface area contributed by atoms with Crippen molar-refractivity contribution < 1.29 is 9.53 Å². The number of ether oxygens (including phenoxy) is 1. The fraction of sp³-hybridized carbons (Fsp3) is 0.588. The van der Waals surface area contributed by atoms with Crippen molar-refractivity contribution in [1.29, 1.82) is 0 Å². The number of benzene rings is 1. The molecule has 0 spiro atoms. The number of amides is 1. The lowest BCUT2D eigenvalue weighted by atomic mass is 9.47. The van der Waals surface area contributed by atoms with E-state index in [0.29, 0.717) is 6.61 Å². The van der Waals surface area contributed by atoms with Crippen LogP contribution in [0.2, 0.25) is 0 Å². The minimum atomic E-state index is -0.839. The smallest absolute Gasteiger partial charge is 0.247 e. The molecule has 1 saturated heterocycles. The maximum absolute atomic E-state index is 13.0. The predicted octanol–water partition coefficient (Wildman–Crippen LogP) is 2.10. The maximum Gasteiger partial charge on any atom is 0.247 e. The highest BCUT2D eigenvalue weighted by Crippen LogP contribution is 2.58. The number of carbonyl (C=O) groups excluding carboxylic acids is 1. The van der Waals surface area contributed by atoms with E-state index in [9.17, 15) is 4.79 Å². The molecule has 4 nitrogen and oxygen atoms in total. The van der Waals surface area contributed by atoms with Crippen molar-refractivity contribution in [3.8, 4) is 0 Å². The monoisotopic (exact) mass is 288 g/mol. The molecule has 1 heterocycles. The summed E-state index contributed by atoms with van der Waals surface area (Å²) in [6.45, 7) is 6.82. The zero-order valence-electron chi connectivity index (χ0n) is 13.2. The van der Waals surface area contributed by atoms with E-state index in [1.165, 1.54) is 5.56 Å². The third-order valence-corrected chi connectivity index (χ3v) is 5.53. The number of anilines is 1. The molecule has 114 valence electrons. The molecule has 3 rings (SSSR count). The molecule has 0 bridgehead atoms. The summed E-state index contributed by atoms with van der Waals surface area (Å²) in [6.07, 6.45) is 0.982. The molecule has 3 atom stereocenters. The number of hydrogen-bond donors (Lipinski definition) is 1. The zero-order chi connectivity index (χ0) is 15.4. The normalized spacial score (nSPS) is 33.2. The van der Waals surface area contributed by atoms with Crippen molar-refractivity contribution in [2.75, 3.05) is 18.6 Å². The summed E-state index contributed by atoms with van der Waals surface area (Å²) in [6, 6.07) is 7.95. The Morgan fingerprint density at radius 3 is 2.57 bits per heavy atom. The molecule has 1 amide bonds. The Kier molecular flexibility index (Phi) is 3.15. The fourth-order valence-corrected chi connectivity index (χ4v) is 3.98. The molecule has 1 aromatic rings. The lowest BCUT2D eigenvalue weighted by Gasteiger charge is -2.61. The first-order valence-corrected chi connectivity index (χ1v) is 7.55. The summed E-state index contributed by atoms with van der Waals surface area (Å²) in [7, 11) is 1.81. The SMILES string of the molecule is Cc1ccc(N(C)C(=O)C2(N)C3CCOC3C2(C)C)cc1. The summed E-state index contributed by atoms with van der Waals surface area (Å²) in [5.74, 6) is 0.121. The van der Waals surface area contributed by atoms with Crippen molar-refractivity contribution in [2.45, 2.75) is 38.8 Å². The first-order chi connectivity index (χ1) is 9.80. The van der Waals surface area contributed by atoms with Crippen LogP contribution in [0.5, 0.6) is 0 Å². The number of likely N-dealkylation sites (N-methyl/N-ethyl adjacent to an activating group) is 1. The Labute approximate surface area is 126 Å². The Bertz CT molecular complexity index is 567. The van der Waals surface area contributed by atoms with Gasteiger partial charge >= 0.3 is 0 Å². The highest BCUT2D eigenvalue weighted by molar-refractivity contribution is 6.01. The topological polar surface area (TPSA) is 55.6 Å². The van der Waals surface area contributed by atoms with E-state index in [2.05, 4.69) is 0 Å². The van der Waals surface area contributed by atoms with Gasteiger partial charge in [-0.15, -0.1) is 0 Å². The van der Waals surface area contributed by atoms with Gasteiger partial charge in [0.2, 0.25) is 5.91 Å². The zero-order valence-corrected chi connectivity index (χ0v) is 13.2. The Balaban J connectivity index is 1.89. The number of fused-ring (bicyclic) bond motifs is 1. The quantitative estimate of drug-likeness (QED) is 0.906. The second-order valence-electron chi connectivity index (χ2n) is 6.98. The van der Waals surface area contributed by atoms with E-state index in [4.69, 9.17) is 10.5 Å². The van der Waals surface area contributed by atoms with E-state index in [1.54, 1.807) is 11.9 Å². The van der Waals surface area contributed by atoms with Crippen molar-refractivity contribution >= 4 is 11.6 Å².